The number of aliphatic hydroxyl groups excluding tert-OH is 1. The van der Waals surface area contributed by atoms with Gasteiger partial charge in [0.1, 0.15) is 0 Å². The maximum absolute atomic E-state index is 12.7. The summed E-state index contributed by atoms with van der Waals surface area (Å²) in [5.41, 5.74) is 0.658. The molecule has 1 aromatic rings. The van der Waals surface area contributed by atoms with Gasteiger partial charge in [-0.25, -0.2) is 0 Å². The van der Waals surface area contributed by atoms with Crippen molar-refractivity contribution in [1.29, 1.82) is 0 Å². The predicted octanol–water partition coefficient (Wildman–Crippen LogP) is 3.98. The Hall–Kier alpha value is -0.390. The summed E-state index contributed by atoms with van der Waals surface area (Å²) in [4.78, 5) is 14.6. The highest BCUT2D eigenvalue weighted by Crippen LogP contribution is 2.26. The summed E-state index contributed by atoms with van der Waals surface area (Å²) in [5.74, 6) is 0.00736. The molecule has 110 valence electrons. The van der Waals surface area contributed by atoms with E-state index in [1.54, 1.807) is 0 Å². The van der Waals surface area contributed by atoms with Crippen molar-refractivity contribution in [1.82, 2.24) is 4.90 Å². The lowest BCUT2D eigenvalue weighted by molar-refractivity contribution is 0.0585. The van der Waals surface area contributed by atoms with Crippen molar-refractivity contribution in [3.05, 3.63) is 32.7 Å². The first-order valence-corrected chi connectivity index (χ1v) is 8.58. The number of carbonyl (C=O) groups excluding carboxylic acids is 1. The van der Waals surface area contributed by atoms with Gasteiger partial charge in [0.2, 0.25) is 0 Å². The number of nitrogens with zero attached hydrogens (tertiary/aromatic N) is 1. The van der Waals surface area contributed by atoms with Crippen molar-refractivity contribution in [2.75, 3.05) is 13.2 Å². The van der Waals surface area contributed by atoms with E-state index < -0.39 is 0 Å². The Bertz CT molecular complexity index is 453. The first-order valence-electron chi connectivity index (χ1n) is 6.99. The van der Waals surface area contributed by atoms with Crippen LogP contribution in [-0.4, -0.2) is 35.1 Å². The average Bonchev–Trinajstić information content (AvgIpc) is 2.44. The number of aliphatic hydroxyl groups is 1. The normalized spacial score (nSPS) is 16.1. The third kappa shape index (κ3) is 4.06. The van der Waals surface area contributed by atoms with Gasteiger partial charge in [-0.1, -0.05) is 51.1 Å². The van der Waals surface area contributed by atoms with E-state index in [1.807, 2.05) is 23.1 Å². The van der Waals surface area contributed by atoms with Crippen molar-refractivity contribution in [2.24, 2.45) is 0 Å². The molecule has 1 aromatic carbocycles. The van der Waals surface area contributed by atoms with Crippen molar-refractivity contribution < 1.29 is 9.90 Å². The van der Waals surface area contributed by atoms with Crippen LogP contribution >= 0.6 is 31.9 Å². The molecule has 20 heavy (non-hydrogen) atoms. The standard InChI is InChI=1S/C15H19Br2NO2/c16-12-8-11(9-13(17)10-12)15(20)18(6-7-19)14-4-2-1-3-5-14/h8-10,14,19H,1-7H2. The van der Waals surface area contributed by atoms with Crippen LogP contribution in [0.25, 0.3) is 0 Å². The van der Waals surface area contributed by atoms with Gasteiger partial charge in [-0.05, 0) is 31.0 Å². The Kier molecular flexibility index (Phi) is 6.05. The number of rotatable bonds is 4. The van der Waals surface area contributed by atoms with Crippen LogP contribution in [0.2, 0.25) is 0 Å². The lowest BCUT2D eigenvalue weighted by atomic mass is 9.93. The number of hydrogen-bond acceptors (Lipinski definition) is 2. The molecule has 1 aliphatic rings. The molecule has 1 amide bonds. The largest absolute Gasteiger partial charge is 0.395 e. The molecule has 1 aliphatic carbocycles. The number of amides is 1. The highest BCUT2D eigenvalue weighted by Gasteiger charge is 2.26. The molecular formula is C15H19Br2NO2. The molecule has 0 bridgehead atoms. The molecule has 1 N–H and O–H groups in total. The van der Waals surface area contributed by atoms with E-state index in [-0.39, 0.29) is 18.6 Å². The van der Waals surface area contributed by atoms with Crippen molar-refractivity contribution in [2.45, 2.75) is 38.1 Å². The second kappa shape index (κ2) is 7.57. The molecule has 0 atom stereocenters. The van der Waals surface area contributed by atoms with E-state index in [1.165, 1.54) is 19.3 Å². The first kappa shape index (κ1) is 16.0. The zero-order valence-electron chi connectivity index (χ0n) is 11.3. The SMILES string of the molecule is O=C(c1cc(Br)cc(Br)c1)N(CCO)C1CCCCC1. The molecule has 1 fully saturated rings. The molecule has 5 heteroatoms. The number of benzene rings is 1. The van der Waals surface area contributed by atoms with E-state index in [4.69, 9.17) is 0 Å². The van der Waals surface area contributed by atoms with Crippen molar-refractivity contribution in [3.63, 3.8) is 0 Å². The van der Waals surface area contributed by atoms with E-state index in [9.17, 15) is 9.90 Å². The topological polar surface area (TPSA) is 40.5 Å². The Labute approximate surface area is 136 Å². The van der Waals surface area contributed by atoms with Crippen LogP contribution in [0.1, 0.15) is 42.5 Å². The van der Waals surface area contributed by atoms with Gasteiger partial charge in [-0.3, -0.25) is 4.79 Å². The molecule has 0 unspecified atom stereocenters. The number of hydrogen-bond donors (Lipinski definition) is 1. The van der Waals surface area contributed by atoms with Gasteiger partial charge >= 0.3 is 0 Å². The average molecular weight is 405 g/mol. The molecule has 0 saturated heterocycles. The summed E-state index contributed by atoms with van der Waals surface area (Å²) in [7, 11) is 0. The summed E-state index contributed by atoms with van der Waals surface area (Å²) in [6.45, 7) is 0.422. The van der Waals surface area contributed by atoms with Gasteiger partial charge in [0.25, 0.3) is 5.91 Å². The van der Waals surface area contributed by atoms with Gasteiger partial charge in [-0.15, -0.1) is 0 Å². The van der Waals surface area contributed by atoms with Crippen LogP contribution in [0.4, 0.5) is 0 Å². The molecule has 0 aliphatic heterocycles. The zero-order valence-corrected chi connectivity index (χ0v) is 14.5. The third-order valence-corrected chi connectivity index (χ3v) is 4.64. The summed E-state index contributed by atoms with van der Waals surface area (Å²) >= 11 is 6.83. The monoisotopic (exact) mass is 403 g/mol. The fourth-order valence-corrected chi connectivity index (χ4v) is 4.09. The maximum Gasteiger partial charge on any atom is 0.254 e. The molecule has 1 saturated carbocycles. The molecule has 2 rings (SSSR count). The van der Waals surface area contributed by atoms with Crippen molar-refractivity contribution in [3.8, 4) is 0 Å². The van der Waals surface area contributed by atoms with Gasteiger partial charge in [0, 0.05) is 27.1 Å². The number of carbonyl (C=O) groups is 1. The Morgan fingerprint density at radius 1 is 1.15 bits per heavy atom. The molecule has 0 radical (unpaired) electrons. The van der Waals surface area contributed by atoms with Crippen LogP contribution in [-0.2, 0) is 0 Å². The second-order valence-corrected chi connectivity index (χ2v) is 7.00. The van der Waals surface area contributed by atoms with Crippen LogP contribution < -0.4 is 0 Å². The van der Waals surface area contributed by atoms with Gasteiger partial charge in [-0.2, -0.15) is 0 Å². The van der Waals surface area contributed by atoms with E-state index in [2.05, 4.69) is 31.9 Å². The van der Waals surface area contributed by atoms with Crippen LogP contribution in [0.15, 0.2) is 27.1 Å². The fourth-order valence-electron chi connectivity index (χ4n) is 2.79. The van der Waals surface area contributed by atoms with Crippen LogP contribution in [0, 0.1) is 0 Å². The van der Waals surface area contributed by atoms with Crippen LogP contribution in [0.5, 0.6) is 0 Å². The maximum atomic E-state index is 12.7. The molecular weight excluding hydrogens is 386 g/mol. The Morgan fingerprint density at radius 2 is 1.75 bits per heavy atom. The lowest BCUT2D eigenvalue weighted by Crippen LogP contribution is -2.43. The van der Waals surface area contributed by atoms with Crippen LogP contribution in [0.3, 0.4) is 0 Å². The Balaban J connectivity index is 2.20. The van der Waals surface area contributed by atoms with Gasteiger partial charge < -0.3 is 10.0 Å². The second-order valence-electron chi connectivity index (χ2n) is 5.17. The molecule has 3 nitrogen and oxygen atoms in total. The van der Waals surface area contributed by atoms with E-state index >= 15 is 0 Å². The van der Waals surface area contributed by atoms with E-state index in [0.717, 1.165) is 21.8 Å². The summed E-state index contributed by atoms with van der Waals surface area (Å²) in [5, 5.41) is 9.26. The number of halogens is 2. The summed E-state index contributed by atoms with van der Waals surface area (Å²) in [6, 6.07) is 5.84. The smallest absolute Gasteiger partial charge is 0.254 e. The van der Waals surface area contributed by atoms with E-state index in [0.29, 0.717) is 12.1 Å². The quantitative estimate of drug-likeness (QED) is 0.824. The molecule has 0 spiro atoms. The molecule has 0 aromatic heterocycles. The minimum atomic E-state index is 0.00736. The third-order valence-electron chi connectivity index (χ3n) is 3.73. The van der Waals surface area contributed by atoms with Gasteiger partial charge in [0.05, 0.1) is 6.61 Å². The zero-order chi connectivity index (χ0) is 14.5. The highest BCUT2D eigenvalue weighted by atomic mass is 79.9. The minimum absolute atomic E-state index is 0.00736. The molecule has 0 heterocycles. The van der Waals surface area contributed by atoms with Gasteiger partial charge in [0.15, 0.2) is 0 Å². The Morgan fingerprint density at radius 3 is 2.30 bits per heavy atom. The summed E-state index contributed by atoms with van der Waals surface area (Å²) < 4.78 is 1.76. The first-order chi connectivity index (χ1) is 9.61. The fraction of sp³-hybridized carbons (Fsp3) is 0.533. The minimum Gasteiger partial charge on any atom is -0.395 e. The van der Waals surface area contributed by atoms with Crippen molar-refractivity contribution >= 4 is 37.8 Å². The summed E-state index contributed by atoms with van der Waals surface area (Å²) in [6.07, 6.45) is 5.67. The highest BCUT2D eigenvalue weighted by molar-refractivity contribution is 9.11. The lowest BCUT2D eigenvalue weighted by Gasteiger charge is -2.34. The predicted molar refractivity (Wildman–Crippen MR) is 86.8 cm³/mol.